The van der Waals surface area contributed by atoms with E-state index in [0.717, 1.165) is 22.5 Å². The first-order valence-corrected chi connectivity index (χ1v) is 8.62. The SMILES string of the molecule is CCOC(=O)CC(c1ccc(N(C)C)cc1)c1ccc(N(C)C)cc1. The van der Waals surface area contributed by atoms with Crippen molar-refractivity contribution in [2.24, 2.45) is 0 Å². The molecule has 0 aromatic heterocycles. The second kappa shape index (κ2) is 8.56. The van der Waals surface area contributed by atoms with E-state index in [4.69, 9.17) is 4.74 Å². The third-order valence-electron chi connectivity index (χ3n) is 4.30. The van der Waals surface area contributed by atoms with Gasteiger partial charge in [-0.3, -0.25) is 4.79 Å². The molecule has 0 aliphatic carbocycles. The highest BCUT2D eigenvalue weighted by molar-refractivity contribution is 5.71. The van der Waals surface area contributed by atoms with Crippen molar-refractivity contribution in [3.05, 3.63) is 59.7 Å². The van der Waals surface area contributed by atoms with E-state index in [1.807, 2.05) is 35.1 Å². The average Bonchev–Trinajstić information content (AvgIpc) is 2.60. The number of hydrogen-bond donors (Lipinski definition) is 0. The fourth-order valence-electron chi connectivity index (χ4n) is 2.82. The van der Waals surface area contributed by atoms with Gasteiger partial charge in [0.1, 0.15) is 0 Å². The Hall–Kier alpha value is -2.49. The standard InChI is InChI=1S/C21H28N2O2/c1-6-25-21(24)15-20(16-7-11-18(12-8-16)22(2)3)17-9-13-19(14-10-17)23(4)5/h7-14,20H,6,15H2,1-5H3. The van der Waals surface area contributed by atoms with Crippen LogP contribution in [0.2, 0.25) is 0 Å². The van der Waals surface area contributed by atoms with Gasteiger partial charge in [-0.15, -0.1) is 0 Å². The minimum absolute atomic E-state index is 0.00789. The van der Waals surface area contributed by atoms with Gasteiger partial charge in [0.25, 0.3) is 0 Å². The number of ether oxygens (including phenoxy) is 1. The first kappa shape index (κ1) is 18.8. The lowest BCUT2D eigenvalue weighted by molar-refractivity contribution is -0.143. The molecule has 0 spiro atoms. The largest absolute Gasteiger partial charge is 0.466 e. The molecule has 0 aliphatic rings. The van der Waals surface area contributed by atoms with Crippen molar-refractivity contribution >= 4 is 17.3 Å². The molecule has 25 heavy (non-hydrogen) atoms. The van der Waals surface area contributed by atoms with Crippen LogP contribution in [0, 0.1) is 0 Å². The van der Waals surface area contributed by atoms with E-state index in [9.17, 15) is 4.79 Å². The van der Waals surface area contributed by atoms with Crippen molar-refractivity contribution < 1.29 is 9.53 Å². The molecule has 0 bridgehead atoms. The van der Waals surface area contributed by atoms with E-state index in [0.29, 0.717) is 13.0 Å². The number of hydrogen-bond acceptors (Lipinski definition) is 4. The zero-order chi connectivity index (χ0) is 18.4. The molecule has 134 valence electrons. The average molecular weight is 340 g/mol. The highest BCUT2D eigenvalue weighted by Crippen LogP contribution is 2.31. The molecule has 0 amide bonds. The van der Waals surface area contributed by atoms with Gasteiger partial charge in [-0.2, -0.15) is 0 Å². The van der Waals surface area contributed by atoms with Crippen LogP contribution in [0.25, 0.3) is 0 Å². The number of esters is 1. The Labute approximate surface area is 151 Å². The van der Waals surface area contributed by atoms with Gasteiger partial charge in [-0.05, 0) is 42.3 Å². The Morgan fingerprint density at radius 2 is 1.24 bits per heavy atom. The lowest BCUT2D eigenvalue weighted by Crippen LogP contribution is -2.13. The second-order valence-electron chi connectivity index (χ2n) is 6.53. The fraction of sp³-hybridized carbons (Fsp3) is 0.381. The summed E-state index contributed by atoms with van der Waals surface area (Å²) < 4.78 is 5.18. The topological polar surface area (TPSA) is 32.8 Å². The normalized spacial score (nSPS) is 10.6. The van der Waals surface area contributed by atoms with Crippen molar-refractivity contribution in [1.29, 1.82) is 0 Å². The summed E-state index contributed by atoms with van der Waals surface area (Å²) in [4.78, 5) is 16.2. The van der Waals surface area contributed by atoms with Crippen molar-refractivity contribution in [2.45, 2.75) is 19.3 Å². The molecule has 2 aromatic carbocycles. The Balaban J connectivity index is 2.33. The van der Waals surface area contributed by atoms with E-state index in [2.05, 4.69) is 58.3 Å². The molecule has 4 heteroatoms. The lowest BCUT2D eigenvalue weighted by atomic mass is 9.88. The minimum Gasteiger partial charge on any atom is -0.466 e. The van der Waals surface area contributed by atoms with Crippen LogP contribution in [-0.2, 0) is 9.53 Å². The van der Waals surface area contributed by atoms with E-state index >= 15 is 0 Å². The van der Waals surface area contributed by atoms with Crippen molar-refractivity contribution in [2.75, 3.05) is 44.6 Å². The van der Waals surface area contributed by atoms with Crippen LogP contribution in [0.15, 0.2) is 48.5 Å². The van der Waals surface area contributed by atoms with Gasteiger partial charge in [-0.25, -0.2) is 0 Å². The predicted molar refractivity (Wildman–Crippen MR) is 105 cm³/mol. The van der Waals surface area contributed by atoms with Gasteiger partial charge >= 0.3 is 5.97 Å². The van der Waals surface area contributed by atoms with Crippen molar-refractivity contribution in [3.63, 3.8) is 0 Å². The maximum absolute atomic E-state index is 12.1. The number of carbonyl (C=O) groups excluding carboxylic acids is 1. The van der Waals surface area contributed by atoms with E-state index in [1.54, 1.807) is 0 Å². The van der Waals surface area contributed by atoms with Crippen LogP contribution in [0.1, 0.15) is 30.4 Å². The molecule has 2 aromatic rings. The first-order chi connectivity index (χ1) is 11.9. The minimum atomic E-state index is -0.166. The number of carbonyl (C=O) groups is 1. The quantitative estimate of drug-likeness (QED) is 0.716. The maximum Gasteiger partial charge on any atom is 0.306 e. The van der Waals surface area contributed by atoms with E-state index < -0.39 is 0 Å². The molecule has 4 nitrogen and oxygen atoms in total. The van der Waals surface area contributed by atoms with E-state index in [1.165, 1.54) is 0 Å². The molecule has 0 saturated heterocycles. The third kappa shape index (κ3) is 4.99. The molecule has 0 fully saturated rings. The highest BCUT2D eigenvalue weighted by atomic mass is 16.5. The number of nitrogens with zero attached hydrogens (tertiary/aromatic N) is 2. The Morgan fingerprint density at radius 1 is 0.840 bits per heavy atom. The van der Waals surface area contributed by atoms with Crippen LogP contribution in [0.5, 0.6) is 0 Å². The monoisotopic (exact) mass is 340 g/mol. The van der Waals surface area contributed by atoms with Gasteiger partial charge in [0.05, 0.1) is 13.0 Å². The van der Waals surface area contributed by atoms with Crippen LogP contribution >= 0.6 is 0 Å². The van der Waals surface area contributed by atoms with Crippen LogP contribution in [-0.4, -0.2) is 40.8 Å². The molecular weight excluding hydrogens is 312 g/mol. The third-order valence-corrected chi connectivity index (χ3v) is 4.30. The van der Waals surface area contributed by atoms with Gasteiger partial charge in [0.15, 0.2) is 0 Å². The second-order valence-corrected chi connectivity index (χ2v) is 6.53. The lowest BCUT2D eigenvalue weighted by Gasteiger charge is -2.20. The molecule has 2 rings (SSSR count). The molecule has 0 unspecified atom stereocenters. The Kier molecular flexibility index (Phi) is 6.45. The molecule has 0 radical (unpaired) electrons. The van der Waals surface area contributed by atoms with Crippen LogP contribution in [0.4, 0.5) is 11.4 Å². The number of rotatable bonds is 7. The zero-order valence-corrected chi connectivity index (χ0v) is 15.8. The molecular formula is C21H28N2O2. The summed E-state index contributed by atoms with van der Waals surface area (Å²) in [5.41, 5.74) is 4.52. The zero-order valence-electron chi connectivity index (χ0n) is 15.8. The summed E-state index contributed by atoms with van der Waals surface area (Å²) in [7, 11) is 8.08. The Bertz CT molecular complexity index is 625. The van der Waals surface area contributed by atoms with E-state index in [-0.39, 0.29) is 11.9 Å². The summed E-state index contributed by atoms with van der Waals surface area (Å²) in [6.07, 6.45) is 0.344. The summed E-state index contributed by atoms with van der Waals surface area (Å²) in [5.74, 6) is -0.174. The van der Waals surface area contributed by atoms with Gasteiger partial charge in [0.2, 0.25) is 0 Å². The molecule has 0 saturated carbocycles. The molecule has 0 N–H and O–H groups in total. The van der Waals surface area contributed by atoms with Gasteiger partial charge in [0, 0.05) is 45.5 Å². The molecule has 0 heterocycles. The number of anilines is 2. The van der Waals surface area contributed by atoms with Crippen LogP contribution in [0.3, 0.4) is 0 Å². The molecule has 0 aliphatic heterocycles. The molecule has 0 atom stereocenters. The van der Waals surface area contributed by atoms with Gasteiger partial charge < -0.3 is 14.5 Å². The summed E-state index contributed by atoms with van der Waals surface area (Å²) >= 11 is 0. The summed E-state index contributed by atoms with van der Waals surface area (Å²) in [6, 6.07) is 16.7. The number of benzene rings is 2. The van der Waals surface area contributed by atoms with Crippen molar-refractivity contribution in [1.82, 2.24) is 0 Å². The van der Waals surface area contributed by atoms with Crippen molar-refractivity contribution in [3.8, 4) is 0 Å². The first-order valence-electron chi connectivity index (χ1n) is 8.62. The summed E-state index contributed by atoms with van der Waals surface area (Å²) in [6.45, 7) is 2.25. The Morgan fingerprint density at radius 3 is 1.56 bits per heavy atom. The van der Waals surface area contributed by atoms with Gasteiger partial charge in [-0.1, -0.05) is 24.3 Å². The predicted octanol–water partition coefficient (Wildman–Crippen LogP) is 3.90. The highest BCUT2D eigenvalue weighted by Gasteiger charge is 2.19. The summed E-state index contributed by atoms with van der Waals surface area (Å²) in [5, 5.41) is 0. The fourth-order valence-corrected chi connectivity index (χ4v) is 2.82. The smallest absolute Gasteiger partial charge is 0.306 e. The van der Waals surface area contributed by atoms with Crippen LogP contribution < -0.4 is 9.80 Å². The maximum atomic E-state index is 12.1.